The van der Waals surface area contributed by atoms with Gasteiger partial charge in [0.15, 0.2) is 0 Å². The van der Waals surface area contributed by atoms with Crippen molar-refractivity contribution in [1.82, 2.24) is 5.32 Å². The lowest BCUT2D eigenvalue weighted by Crippen LogP contribution is -2.19. The Balaban J connectivity index is 1.69. The number of carbonyl (C=O) groups excluding carboxylic acids is 1. The summed E-state index contributed by atoms with van der Waals surface area (Å²) < 4.78 is 6.26. The molecule has 3 rings (SSSR count). The summed E-state index contributed by atoms with van der Waals surface area (Å²) in [6, 6.07) is 11.5. The molecule has 2 aromatic heterocycles. The van der Waals surface area contributed by atoms with Gasteiger partial charge in [0, 0.05) is 21.0 Å². The topological polar surface area (TPSA) is 42.2 Å². The molecule has 3 aromatic rings. The van der Waals surface area contributed by atoms with E-state index >= 15 is 0 Å². The molecule has 0 aliphatic heterocycles. The molecule has 0 aliphatic rings. The van der Waals surface area contributed by atoms with E-state index in [0.717, 1.165) is 20.7 Å². The van der Waals surface area contributed by atoms with E-state index in [9.17, 15) is 4.79 Å². The van der Waals surface area contributed by atoms with Gasteiger partial charge in [-0.1, -0.05) is 29.8 Å². The highest BCUT2D eigenvalue weighted by atomic mass is 35.5. The average Bonchev–Trinajstić information content (AvgIpc) is 3.12. The number of rotatable bonds is 4. The third-order valence-electron chi connectivity index (χ3n) is 2.96. The Kier molecular flexibility index (Phi) is 4.08. The van der Waals surface area contributed by atoms with Crippen LogP contribution in [0, 0.1) is 0 Å². The number of hydrogen-bond donors (Lipinski definition) is 1. The fourth-order valence-corrected chi connectivity index (χ4v) is 3.34. The largest absolute Gasteiger partial charge is 0.467 e. The standard InChI is InChI=1S/C16H12ClNO2S/c17-16-12-5-1-2-6-13(12)21-14(16)7-8-15(19)18-10-11-4-3-9-20-11/h1-9H,10H2,(H,18,19)/b8-7+. The van der Waals surface area contributed by atoms with Crippen LogP contribution < -0.4 is 5.32 Å². The van der Waals surface area contributed by atoms with Crippen LogP contribution in [-0.2, 0) is 11.3 Å². The maximum atomic E-state index is 11.8. The lowest BCUT2D eigenvalue weighted by Gasteiger charge is -1.97. The number of hydrogen-bond acceptors (Lipinski definition) is 3. The number of halogens is 1. The summed E-state index contributed by atoms with van der Waals surface area (Å²) in [7, 11) is 0. The molecule has 0 radical (unpaired) electrons. The van der Waals surface area contributed by atoms with Crippen molar-refractivity contribution < 1.29 is 9.21 Å². The first-order valence-electron chi connectivity index (χ1n) is 6.39. The maximum absolute atomic E-state index is 11.8. The molecule has 0 spiro atoms. The van der Waals surface area contributed by atoms with E-state index in [-0.39, 0.29) is 5.91 Å². The van der Waals surface area contributed by atoms with Gasteiger partial charge in [-0.25, -0.2) is 0 Å². The third kappa shape index (κ3) is 3.17. The van der Waals surface area contributed by atoms with Crippen LogP contribution in [0.15, 0.2) is 53.2 Å². The quantitative estimate of drug-likeness (QED) is 0.721. The molecule has 0 bridgehead atoms. The summed E-state index contributed by atoms with van der Waals surface area (Å²) in [6.45, 7) is 0.371. The first-order valence-corrected chi connectivity index (χ1v) is 7.59. The molecule has 106 valence electrons. The SMILES string of the molecule is O=C(/C=C/c1sc2ccccc2c1Cl)NCc1ccco1. The van der Waals surface area contributed by atoms with Crippen LogP contribution in [0.5, 0.6) is 0 Å². The van der Waals surface area contributed by atoms with Crippen molar-refractivity contribution in [3.8, 4) is 0 Å². The van der Waals surface area contributed by atoms with Gasteiger partial charge in [0.05, 0.1) is 17.8 Å². The van der Waals surface area contributed by atoms with Gasteiger partial charge in [0.25, 0.3) is 0 Å². The van der Waals surface area contributed by atoms with Crippen LogP contribution in [0.4, 0.5) is 0 Å². The predicted molar refractivity (Wildman–Crippen MR) is 86.4 cm³/mol. The smallest absolute Gasteiger partial charge is 0.244 e. The summed E-state index contributed by atoms with van der Waals surface area (Å²) in [5.74, 6) is 0.538. The highest BCUT2D eigenvalue weighted by molar-refractivity contribution is 7.20. The van der Waals surface area contributed by atoms with Crippen molar-refractivity contribution in [3.63, 3.8) is 0 Å². The number of thiophene rings is 1. The summed E-state index contributed by atoms with van der Waals surface area (Å²) >= 11 is 7.88. The van der Waals surface area contributed by atoms with Crippen molar-refractivity contribution >= 4 is 45.0 Å². The predicted octanol–water partition coefficient (Wildman–Crippen LogP) is 4.48. The highest BCUT2D eigenvalue weighted by Crippen LogP contribution is 2.35. The van der Waals surface area contributed by atoms with Crippen LogP contribution in [0.1, 0.15) is 10.6 Å². The van der Waals surface area contributed by atoms with Gasteiger partial charge in [-0.05, 0) is 24.3 Å². The molecule has 0 saturated carbocycles. The summed E-state index contributed by atoms with van der Waals surface area (Å²) in [5.41, 5.74) is 0. The van der Waals surface area contributed by atoms with Gasteiger partial charge >= 0.3 is 0 Å². The molecular formula is C16H12ClNO2S. The zero-order chi connectivity index (χ0) is 14.7. The molecule has 0 aliphatic carbocycles. The number of amides is 1. The van der Waals surface area contributed by atoms with E-state index in [2.05, 4.69) is 5.32 Å². The highest BCUT2D eigenvalue weighted by Gasteiger charge is 2.07. The van der Waals surface area contributed by atoms with Gasteiger partial charge in [-0.2, -0.15) is 0 Å². The van der Waals surface area contributed by atoms with Crippen molar-refractivity contribution in [2.24, 2.45) is 0 Å². The molecule has 1 amide bonds. The minimum absolute atomic E-state index is 0.181. The molecule has 2 heterocycles. The molecule has 0 saturated heterocycles. The Morgan fingerprint density at radius 2 is 2.14 bits per heavy atom. The normalized spacial score (nSPS) is 11.3. The minimum Gasteiger partial charge on any atom is -0.467 e. The van der Waals surface area contributed by atoms with E-state index < -0.39 is 0 Å². The van der Waals surface area contributed by atoms with Crippen molar-refractivity contribution in [2.75, 3.05) is 0 Å². The van der Waals surface area contributed by atoms with Gasteiger partial charge in [0.2, 0.25) is 5.91 Å². The van der Waals surface area contributed by atoms with E-state index in [1.165, 1.54) is 6.08 Å². The average molecular weight is 318 g/mol. The number of fused-ring (bicyclic) bond motifs is 1. The van der Waals surface area contributed by atoms with Crippen LogP contribution in [0.2, 0.25) is 5.02 Å². The van der Waals surface area contributed by atoms with E-state index in [0.29, 0.717) is 11.6 Å². The maximum Gasteiger partial charge on any atom is 0.244 e. The molecule has 3 nitrogen and oxygen atoms in total. The molecule has 5 heteroatoms. The summed E-state index contributed by atoms with van der Waals surface area (Å²) in [4.78, 5) is 12.6. The Bertz CT molecular complexity index is 790. The second-order valence-electron chi connectivity index (χ2n) is 4.41. The van der Waals surface area contributed by atoms with Gasteiger partial charge in [0.1, 0.15) is 5.76 Å². The monoisotopic (exact) mass is 317 g/mol. The van der Waals surface area contributed by atoms with Gasteiger partial charge < -0.3 is 9.73 Å². The molecule has 0 unspecified atom stereocenters. The molecular weight excluding hydrogens is 306 g/mol. The Morgan fingerprint density at radius 3 is 2.90 bits per heavy atom. The number of carbonyl (C=O) groups is 1. The molecule has 21 heavy (non-hydrogen) atoms. The fourth-order valence-electron chi connectivity index (χ4n) is 1.94. The van der Waals surface area contributed by atoms with Gasteiger partial charge in [-0.3, -0.25) is 4.79 Å². The zero-order valence-corrected chi connectivity index (χ0v) is 12.6. The van der Waals surface area contributed by atoms with Crippen LogP contribution >= 0.6 is 22.9 Å². The van der Waals surface area contributed by atoms with Crippen molar-refractivity contribution in [1.29, 1.82) is 0 Å². The van der Waals surface area contributed by atoms with Crippen LogP contribution in [0.3, 0.4) is 0 Å². The second kappa shape index (κ2) is 6.16. The lowest BCUT2D eigenvalue weighted by atomic mass is 10.2. The van der Waals surface area contributed by atoms with Crippen molar-refractivity contribution in [2.45, 2.75) is 6.54 Å². The Labute approximate surface area is 130 Å². The van der Waals surface area contributed by atoms with E-state index in [4.69, 9.17) is 16.0 Å². The van der Waals surface area contributed by atoms with Crippen LogP contribution in [-0.4, -0.2) is 5.91 Å². The Morgan fingerprint density at radius 1 is 1.29 bits per heavy atom. The lowest BCUT2D eigenvalue weighted by molar-refractivity contribution is -0.116. The van der Waals surface area contributed by atoms with Gasteiger partial charge in [-0.15, -0.1) is 11.3 Å². The van der Waals surface area contributed by atoms with Crippen LogP contribution in [0.25, 0.3) is 16.2 Å². The second-order valence-corrected chi connectivity index (χ2v) is 5.87. The summed E-state index contributed by atoms with van der Waals surface area (Å²) in [6.07, 6.45) is 4.80. The number of furan rings is 1. The zero-order valence-electron chi connectivity index (χ0n) is 11.0. The van der Waals surface area contributed by atoms with E-state index in [1.807, 2.05) is 30.3 Å². The first kappa shape index (κ1) is 13.9. The fraction of sp³-hybridized carbons (Fsp3) is 0.0625. The molecule has 1 aromatic carbocycles. The minimum atomic E-state index is -0.181. The first-order chi connectivity index (χ1) is 10.2. The molecule has 0 atom stereocenters. The number of nitrogens with one attached hydrogen (secondary N) is 1. The molecule has 1 N–H and O–H groups in total. The van der Waals surface area contributed by atoms with E-state index in [1.54, 1.807) is 29.7 Å². The third-order valence-corrected chi connectivity index (χ3v) is 4.62. The number of benzene rings is 1. The molecule has 0 fully saturated rings. The van der Waals surface area contributed by atoms with Crippen molar-refractivity contribution in [3.05, 3.63) is 64.4 Å². The Hall–Kier alpha value is -2.04. The summed E-state index contributed by atoms with van der Waals surface area (Å²) in [5, 5.41) is 4.45.